The molecule has 196 valence electrons. The molecule has 3 aromatic rings. The van der Waals surface area contributed by atoms with Crippen molar-refractivity contribution in [2.75, 3.05) is 14.2 Å². The van der Waals surface area contributed by atoms with Gasteiger partial charge < -0.3 is 14.2 Å². The first-order valence-corrected chi connectivity index (χ1v) is 12.6. The lowest BCUT2D eigenvalue weighted by Gasteiger charge is -2.17. The molecule has 2 bridgehead atoms. The normalized spacial score (nSPS) is 18.5. The molecule has 0 aliphatic heterocycles. The van der Waals surface area contributed by atoms with Crippen LogP contribution in [0.5, 0.6) is 11.5 Å². The molecular weight excluding hydrogens is 498 g/mol. The van der Waals surface area contributed by atoms with Gasteiger partial charge in [-0.05, 0) is 79.3 Å². The van der Waals surface area contributed by atoms with Crippen molar-refractivity contribution in [2.45, 2.75) is 19.4 Å². The molecule has 0 radical (unpaired) electrons. The minimum absolute atomic E-state index is 0.0319. The highest BCUT2D eigenvalue weighted by Gasteiger charge is 2.40. The molecule has 3 aromatic carbocycles. The summed E-state index contributed by atoms with van der Waals surface area (Å²) in [6, 6.07) is 14.4. The van der Waals surface area contributed by atoms with Gasteiger partial charge in [0.2, 0.25) is 0 Å². The summed E-state index contributed by atoms with van der Waals surface area (Å²) < 4.78 is 43.8. The summed E-state index contributed by atoms with van der Waals surface area (Å²) in [6.07, 6.45) is 6.12. The maximum atomic E-state index is 14.1. The molecule has 2 aliphatic carbocycles. The second kappa shape index (κ2) is 11.5. The van der Waals surface area contributed by atoms with Gasteiger partial charge in [-0.2, -0.15) is 0 Å². The zero-order valence-electron chi connectivity index (χ0n) is 21.6. The van der Waals surface area contributed by atoms with Gasteiger partial charge in [-0.3, -0.25) is 4.79 Å². The second-order valence-corrected chi connectivity index (χ2v) is 9.57. The fourth-order valence-electron chi connectivity index (χ4n) is 4.99. The highest BCUT2D eigenvalue weighted by Crippen LogP contribution is 2.44. The number of hydrogen-bond acceptors (Lipinski definition) is 4. The Morgan fingerprint density at radius 3 is 1.92 bits per heavy atom. The van der Waals surface area contributed by atoms with Crippen LogP contribution in [0.25, 0.3) is 0 Å². The Hall–Kier alpha value is -4.55. The molecule has 0 amide bonds. The van der Waals surface area contributed by atoms with Crippen molar-refractivity contribution in [3.05, 3.63) is 106 Å². The first-order valence-electron chi connectivity index (χ1n) is 12.6. The maximum absolute atomic E-state index is 14.1. The summed E-state index contributed by atoms with van der Waals surface area (Å²) in [5.41, 5.74) is 2.94. The van der Waals surface area contributed by atoms with E-state index in [1.165, 1.54) is 38.5 Å². The van der Waals surface area contributed by atoms with E-state index in [-0.39, 0.29) is 35.9 Å². The lowest BCUT2D eigenvalue weighted by molar-refractivity contribution is -0.150. The van der Waals surface area contributed by atoms with Crippen molar-refractivity contribution in [3.63, 3.8) is 0 Å². The third-order valence-electron chi connectivity index (χ3n) is 7.05. The van der Waals surface area contributed by atoms with Crippen molar-refractivity contribution in [1.82, 2.24) is 0 Å². The van der Waals surface area contributed by atoms with E-state index >= 15 is 0 Å². The van der Waals surface area contributed by atoms with Crippen LogP contribution in [0.15, 0.2) is 66.7 Å². The Bertz CT molecular complexity index is 1570. The molecule has 0 heterocycles. The van der Waals surface area contributed by atoms with Gasteiger partial charge >= 0.3 is 5.97 Å². The van der Waals surface area contributed by atoms with Crippen molar-refractivity contribution in [1.29, 1.82) is 0 Å². The summed E-state index contributed by atoms with van der Waals surface area (Å²) in [5.74, 6) is 11.7. The molecule has 0 N–H and O–H groups in total. The largest absolute Gasteiger partial charge is 0.494 e. The molecule has 3 atom stereocenters. The summed E-state index contributed by atoms with van der Waals surface area (Å²) in [5, 5.41) is 0. The maximum Gasteiger partial charge on any atom is 0.309 e. The predicted molar refractivity (Wildman–Crippen MR) is 143 cm³/mol. The van der Waals surface area contributed by atoms with Gasteiger partial charge in [-0.25, -0.2) is 8.78 Å². The minimum Gasteiger partial charge on any atom is -0.494 e. The van der Waals surface area contributed by atoms with Crippen LogP contribution in [0.3, 0.4) is 0 Å². The van der Waals surface area contributed by atoms with Crippen molar-refractivity contribution >= 4 is 5.97 Å². The molecule has 0 aromatic heterocycles. The Balaban J connectivity index is 1.40. The monoisotopic (exact) mass is 524 g/mol. The van der Waals surface area contributed by atoms with Crippen LogP contribution in [-0.4, -0.2) is 20.2 Å². The van der Waals surface area contributed by atoms with E-state index in [0.29, 0.717) is 33.7 Å². The number of benzene rings is 3. The third kappa shape index (κ3) is 5.97. The number of hydrogen-bond donors (Lipinski definition) is 0. The Morgan fingerprint density at radius 2 is 1.38 bits per heavy atom. The molecule has 4 nitrogen and oxygen atoms in total. The molecule has 1 fully saturated rings. The molecular formula is C33H26F2O4. The molecule has 39 heavy (non-hydrogen) atoms. The van der Waals surface area contributed by atoms with Crippen LogP contribution in [0.1, 0.15) is 40.7 Å². The summed E-state index contributed by atoms with van der Waals surface area (Å²) in [4.78, 5) is 12.9. The fraction of sp³-hybridized carbons (Fsp3) is 0.242. The molecule has 3 unspecified atom stereocenters. The Kier molecular flexibility index (Phi) is 7.66. The fourth-order valence-corrected chi connectivity index (χ4v) is 4.99. The van der Waals surface area contributed by atoms with Gasteiger partial charge in [0.1, 0.15) is 6.61 Å². The van der Waals surface area contributed by atoms with Gasteiger partial charge in [0, 0.05) is 27.8 Å². The number of halogens is 2. The van der Waals surface area contributed by atoms with E-state index in [1.807, 2.05) is 0 Å². The van der Waals surface area contributed by atoms with Gasteiger partial charge in [0.05, 0.1) is 20.1 Å². The second-order valence-electron chi connectivity index (χ2n) is 9.57. The summed E-state index contributed by atoms with van der Waals surface area (Å²) >= 11 is 0. The molecule has 1 saturated carbocycles. The van der Waals surface area contributed by atoms with Gasteiger partial charge in [0.25, 0.3) is 0 Å². The quantitative estimate of drug-likeness (QED) is 0.232. The first-order chi connectivity index (χ1) is 18.9. The zero-order valence-corrected chi connectivity index (χ0v) is 21.6. The van der Waals surface area contributed by atoms with Crippen LogP contribution in [0, 0.1) is 53.1 Å². The van der Waals surface area contributed by atoms with Crippen molar-refractivity contribution < 1.29 is 27.8 Å². The first kappa shape index (κ1) is 26.1. The number of esters is 1. The average molecular weight is 525 g/mol. The minimum atomic E-state index is -0.501. The Morgan fingerprint density at radius 1 is 0.795 bits per heavy atom. The van der Waals surface area contributed by atoms with Gasteiger partial charge in [-0.1, -0.05) is 35.8 Å². The average Bonchev–Trinajstić information content (AvgIpc) is 3.58. The smallest absolute Gasteiger partial charge is 0.309 e. The molecule has 5 rings (SSSR count). The number of ether oxygens (including phenoxy) is 3. The number of methoxy groups -OCH3 is 2. The van der Waals surface area contributed by atoms with E-state index in [2.05, 4.69) is 35.8 Å². The van der Waals surface area contributed by atoms with E-state index in [4.69, 9.17) is 14.2 Å². The van der Waals surface area contributed by atoms with Crippen LogP contribution in [-0.2, 0) is 16.1 Å². The molecule has 0 saturated heterocycles. The highest BCUT2D eigenvalue weighted by atomic mass is 19.1. The lowest BCUT2D eigenvalue weighted by atomic mass is 9.94. The number of carbonyl (C=O) groups excluding carboxylic acids is 1. The van der Waals surface area contributed by atoms with Crippen LogP contribution in [0.2, 0.25) is 0 Å². The standard InChI is InChI=1S/C33H26F2O4/c1-37-31-13-8-22(18-29(31)34)4-3-21-5-10-25(11-6-23-9-14-32(38-2)30(35)19-23)27(15-21)20-39-33(36)28-17-24-7-12-26(28)16-24/h5,7-10,12-15,18-19,24,26,28H,16-17,20H2,1-2H3. The Labute approximate surface area is 226 Å². The molecule has 6 heteroatoms. The van der Waals surface area contributed by atoms with Crippen LogP contribution >= 0.6 is 0 Å². The lowest BCUT2D eigenvalue weighted by Crippen LogP contribution is -2.21. The van der Waals surface area contributed by atoms with Crippen LogP contribution < -0.4 is 9.47 Å². The number of allylic oxidation sites excluding steroid dienone is 2. The van der Waals surface area contributed by atoms with E-state index < -0.39 is 11.6 Å². The van der Waals surface area contributed by atoms with Crippen molar-refractivity contribution in [2.24, 2.45) is 17.8 Å². The van der Waals surface area contributed by atoms with Gasteiger partial charge in [-0.15, -0.1) is 0 Å². The van der Waals surface area contributed by atoms with E-state index in [9.17, 15) is 13.6 Å². The number of rotatable bonds is 5. The topological polar surface area (TPSA) is 44.8 Å². The molecule has 2 aliphatic rings. The number of carbonyl (C=O) groups is 1. The third-order valence-corrected chi connectivity index (χ3v) is 7.05. The highest BCUT2D eigenvalue weighted by molar-refractivity contribution is 5.74. The SMILES string of the molecule is COc1ccc(C#Cc2ccc(C#Cc3ccc(OC)c(F)c3)c(COC(=O)C3CC4C=CC3C4)c2)cc1F. The predicted octanol–water partition coefficient (Wildman–Crippen LogP) is 6.04. The summed E-state index contributed by atoms with van der Waals surface area (Å²) in [7, 11) is 2.81. The zero-order chi connectivity index (χ0) is 27.4. The van der Waals surface area contributed by atoms with E-state index in [0.717, 1.165) is 12.8 Å². The summed E-state index contributed by atoms with van der Waals surface area (Å²) in [6.45, 7) is 0.0319. The van der Waals surface area contributed by atoms with Gasteiger partial charge in [0.15, 0.2) is 23.1 Å². The number of fused-ring (bicyclic) bond motifs is 2. The van der Waals surface area contributed by atoms with Crippen LogP contribution in [0.4, 0.5) is 8.78 Å². The van der Waals surface area contributed by atoms with E-state index in [1.54, 1.807) is 30.3 Å². The van der Waals surface area contributed by atoms with Crippen molar-refractivity contribution in [3.8, 4) is 35.2 Å². The molecule has 0 spiro atoms.